The first-order valence-corrected chi connectivity index (χ1v) is 8.52. The lowest BCUT2D eigenvalue weighted by Crippen LogP contribution is -2.12. The molecule has 0 amide bonds. The van der Waals surface area contributed by atoms with Gasteiger partial charge in [-0.1, -0.05) is 37.6 Å². The zero-order valence-electron chi connectivity index (χ0n) is 14.8. The second kappa shape index (κ2) is 8.76. The van der Waals surface area contributed by atoms with E-state index in [4.69, 9.17) is 16.3 Å². The van der Waals surface area contributed by atoms with Crippen molar-refractivity contribution in [3.8, 4) is 0 Å². The number of aryl methyl sites for hydroxylation is 1. The number of ketones is 1. The molecule has 0 bridgehead atoms. The number of halogens is 2. The third kappa shape index (κ3) is 5.26. The number of hydrogen-bond acceptors (Lipinski definition) is 4. The van der Waals surface area contributed by atoms with Crippen molar-refractivity contribution in [2.45, 2.75) is 27.3 Å². The molecule has 7 heteroatoms. The minimum atomic E-state index is -0.693. The summed E-state index contributed by atoms with van der Waals surface area (Å²) in [4.78, 5) is 23.7. The van der Waals surface area contributed by atoms with Crippen molar-refractivity contribution < 1.29 is 18.7 Å². The third-order valence-electron chi connectivity index (χ3n) is 3.53. The van der Waals surface area contributed by atoms with Crippen LogP contribution >= 0.6 is 11.6 Å². The van der Waals surface area contributed by atoms with Gasteiger partial charge in [-0.3, -0.25) is 9.48 Å². The molecule has 1 aromatic carbocycles. The van der Waals surface area contributed by atoms with Crippen molar-refractivity contribution in [1.82, 2.24) is 9.78 Å². The second-order valence-electron chi connectivity index (χ2n) is 6.24. The zero-order chi connectivity index (χ0) is 19.3. The maximum Gasteiger partial charge on any atom is 0.331 e. The number of carbonyl (C=O) groups is 2. The van der Waals surface area contributed by atoms with Crippen LogP contribution in [0.15, 0.2) is 30.3 Å². The summed E-state index contributed by atoms with van der Waals surface area (Å²) in [6.07, 6.45) is 2.70. The van der Waals surface area contributed by atoms with E-state index in [9.17, 15) is 14.0 Å². The first-order chi connectivity index (χ1) is 12.3. The summed E-state index contributed by atoms with van der Waals surface area (Å²) in [5.41, 5.74) is 1.46. The summed E-state index contributed by atoms with van der Waals surface area (Å²) in [5.74, 6) is -1.32. The smallest absolute Gasteiger partial charge is 0.331 e. The molecule has 0 spiro atoms. The summed E-state index contributed by atoms with van der Waals surface area (Å²) in [5, 5.41) is 4.78. The number of nitrogens with zero attached hydrogens (tertiary/aromatic N) is 2. The van der Waals surface area contributed by atoms with Gasteiger partial charge in [-0.25, -0.2) is 9.18 Å². The van der Waals surface area contributed by atoms with Gasteiger partial charge in [0.2, 0.25) is 0 Å². The Balaban J connectivity index is 1.97. The van der Waals surface area contributed by atoms with Crippen molar-refractivity contribution in [2.24, 2.45) is 5.92 Å². The summed E-state index contributed by atoms with van der Waals surface area (Å²) in [7, 11) is 0. The molecule has 1 aromatic heterocycles. The first kappa shape index (κ1) is 19.8. The molecule has 0 aliphatic rings. The minimum absolute atomic E-state index is 0.149. The molecule has 5 nitrogen and oxygen atoms in total. The van der Waals surface area contributed by atoms with Crippen LogP contribution in [-0.4, -0.2) is 28.1 Å². The number of esters is 1. The molecule has 2 aromatic rings. The molecule has 0 aliphatic carbocycles. The van der Waals surface area contributed by atoms with Gasteiger partial charge in [0.25, 0.3) is 0 Å². The van der Waals surface area contributed by atoms with Crippen LogP contribution in [0, 0.1) is 18.7 Å². The van der Waals surface area contributed by atoms with Gasteiger partial charge >= 0.3 is 5.97 Å². The van der Waals surface area contributed by atoms with E-state index >= 15 is 0 Å². The van der Waals surface area contributed by atoms with E-state index < -0.39 is 24.2 Å². The molecule has 0 fully saturated rings. The molecule has 26 heavy (non-hydrogen) atoms. The number of benzene rings is 1. The summed E-state index contributed by atoms with van der Waals surface area (Å²) >= 11 is 6.29. The summed E-state index contributed by atoms with van der Waals surface area (Å²) in [6, 6.07) is 5.21. The van der Waals surface area contributed by atoms with E-state index in [1.165, 1.54) is 30.4 Å². The molecular formula is C19H20ClFN2O3. The lowest BCUT2D eigenvalue weighted by atomic mass is 10.1. The largest absolute Gasteiger partial charge is 0.454 e. The Labute approximate surface area is 156 Å². The van der Waals surface area contributed by atoms with Crippen molar-refractivity contribution >= 4 is 29.4 Å². The van der Waals surface area contributed by atoms with Crippen LogP contribution in [0.3, 0.4) is 0 Å². The van der Waals surface area contributed by atoms with Crippen LogP contribution in [0.25, 0.3) is 6.08 Å². The fraction of sp³-hybridized carbons (Fsp3) is 0.316. The maximum absolute atomic E-state index is 13.1. The monoisotopic (exact) mass is 378 g/mol. The fourth-order valence-electron chi connectivity index (χ4n) is 2.30. The van der Waals surface area contributed by atoms with Crippen molar-refractivity contribution in [1.29, 1.82) is 0 Å². The van der Waals surface area contributed by atoms with Crippen molar-refractivity contribution in [3.63, 3.8) is 0 Å². The Bertz CT molecular complexity index is 843. The van der Waals surface area contributed by atoms with Crippen LogP contribution in [0.2, 0.25) is 5.15 Å². The van der Waals surface area contributed by atoms with E-state index in [2.05, 4.69) is 18.9 Å². The van der Waals surface area contributed by atoms with Gasteiger partial charge in [0.05, 0.1) is 5.69 Å². The number of carbonyl (C=O) groups excluding carboxylic acids is 2. The average molecular weight is 379 g/mol. The molecule has 0 atom stereocenters. The Morgan fingerprint density at radius 3 is 2.77 bits per heavy atom. The molecule has 1 heterocycles. The highest BCUT2D eigenvalue weighted by atomic mass is 35.5. The first-order valence-electron chi connectivity index (χ1n) is 8.14. The molecule has 0 radical (unpaired) electrons. The molecule has 0 unspecified atom stereocenters. The normalized spacial score (nSPS) is 11.3. The van der Waals surface area contributed by atoms with E-state index in [0.29, 0.717) is 28.9 Å². The Hall–Kier alpha value is -2.47. The van der Waals surface area contributed by atoms with Gasteiger partial charge in [-0.2, -0.15) is 5.10 Å². The molecule has 0 saturated carbocycles. The molecule has 0 N–H and O–H groups in total. The van der Waals surface area contributed by atoms with Gasteiger partial charge in [-0.05, 0) is 31.1 Å². The quantitative estimate of drug-likeness (QED) is 0.414. The van der Waals surface area contributed by atoms with Gasteiger partial charge in [-0.15, -0.1) is 0 Å². The van der Waals surface area contributed by atoms with E-state index in [-0.39, 0.29) is 5.56 Å². The number of Topliss-reactive ketones (excluding diaryl/α,β-unsaturated/α-hetero) is 1. The van der Waals surface area contributed by atoms with Gasteiger partial charge in [0, 0.05) is 23.7 Å². The lowest BCUT2D eigenvalue weighted by molar-refractivity contribution is -0.136. The molecule has 2 rings (SSSR count). The topological polar surface area (TPSA) is 61.2 Å². The standard InChI is InChI=1S/C19H20ClFN2O3/c1-12(2)10-23-19(20)16(13(3)22-23)7-8-18(25)26-11-17(24)14-5-4-6-15(21)9-14/h4-9,12H,10-11H2,1-3H3/b8-7+. The van der Waals surface area contributed by atoms with Gasteiger partial charge < -0.3 is 4.74 Å². The zero-order valence-corrected chi connectivity index (χ0v) is 15.6. The third-order valence-corrected chi connectivity index (χ3v) is 3.92. The van der Waals surface area contributed by atoms with Crippen molar-refractivity contribution in [3.05, 3.63) is 58.1 Å². The molecule has 138 valence electrons. The van der Waals surface area contributed by atoms with Crippen LogP contribution < -0.4 is 0 Å². The highest BCUT2D eigenvalue weighted by Crippen LogP contribution is 2.22. The van der Waals surface area contributed by atoms with Crippen LogP contribution in [0.1, 0.15) is 35.5 Å². The molecule has 0 aliphatic heterocycles. The van der Waals surface area contributed by atoms with E-state index in [1.807, 2.05) is 0 Å². The Kier molecular flexibility index (Phi) is 6.69. The van der Waals surface area contributed by atoms with E-state index in [0.717, 1.165) is 6.07 Å². The second-order valence-corrected chi connectivity index (χ2v) is 6.60. The number of rotatable bonds is 7. The Morgan fingerprint density at radius 1 is 1.38 bits per heavy atom. The molecule has 0 saturated heterocycles. The minimum Gasteiger partial charge on any atom is -0.454 e. The highest BCUT2D eigenvalue weighted by Gasteiger charge is 2.13. The number of hydrogen-bond donors (Lipinski definition) is 0. The number of aromatic nitrogens is 2. The van der Waals surface area contributed by atoms with Crippen LogP contribution in [-0.2, 0) is 16.1 Å². The predicted molar refractivity (Wildman–Crippen MR) is 97.5 cm³/mol. The van der Waals surface area contributed by atoms with Crippen LogP contribution in [0.4, 0.5) is 4.39 Å². The summed E-state index contributed by atoms with van der Waals surface area (Å²) in [6.45, 7) is 6.10. The number of ether oxygens (including phenoxy) is 1. The fourth-order valence-corrected chi connectivity index (χ4v) is 2.61. The highest BCUT2D eigenvalue weighted by molar-refractivity contribution is 6.31. The van der Waals surface area contributed by atoms with Crippen molar-refractivity contribution in [2.75, 3.05) is 6.61 Å². The van der Waals surface area contributed by atoms with E-state index in [1.54, 1.807) is 11.6 Å². The van der Waals surface area contributed by atoms with Gasteiger partial charge in [0.1, 0.15) is 11.0 Å². The molecular weight excluding hydrogens is 359 g/mol. The SMILES string of the molecule is Cc1nn(CC(C)C)c(Cl)c1/C=C/C(=O)OCC(=O)c1cccc(F)c1. The predicted octanol–water partition coefficient (Wildman–Crippen LogP) is 4.08. The maximum atomic E-state index is 13.1. The average Bonchev–Trinajstić information content (AvgIpc) is 2.83. The van der Waals surface area contributed by atoms with Crippen LogP contribution in [0.5, 0.6) is 0 Å². The lowest BCUT2D eigenvalue weighted by Gasteiger charge is -2.05. The Morgan fingerprint density at radius 2 is 2.12 bits per heavy atom. The summed E-state index contributed by atoms with van der Waals surface area (Å²) < 4.78 is 19.7. The van der Waals surface area contributed by atoms with Gasteiger partial charge in [0.15, 0.2) is 12.4 Å².